The van der Waals surface area contributed by atoms with Crippen molar-refractivity contribution in [2.75, 3.05) is 6.79 Å². The first-order valence-electron chi connectivity index (χ1n) is 6.86. The van der Waals surface area contributed by atoms with Crippen molar-refractivity contribution >= 4 is 17.0 Å². The summed E-state index contributed by atoms with van der Waals surface area (Å²) in [6, 6.07) is 12.6. The minimum absolute atomic E-state index is 0.0874. The van der Waals surface area contributed by atoms with Gasteiger partial charge in [-0.15, -0.1) is 0 Å². The van der Waals surface area contributed by atoms with Gasteiger partial charge < -0.3 is 13.9 Å². The molecule has 0 N–H and O–H groups in total. The number of hydrogen-bond acceptors (Lipinski definition) is 4. The van der Waals surface area contributed by atoms with Crippen LogP contribution >= 0.6 is 0 Å². The van der Waals surface area contributed by atoms with Gasteiger partial charge >= 0.3 is 0 Å². The van der Waals surface area contributed by atoms with E-state index in [4.69, 9.17) is 13.9 Å². The number of ether oxygens (including phenoxy) is 2. The molecule has 0 bridgehead atoms. The predicted octanol–water partition coefficient (Wildman–Crippen LogP) is 3.83. The van der Waals surface area contributed by atoms with Crippen molar-refractivity contribution in [3.05, 3.63) is 65.0 Å². The van der Waals surface area contributed by atoms with Crippen molar-refractivity contribution in [1.82, 2.24) is 0 Å². The number of para-hydroxylation sites is 1. The van der Waals surface area contributed by atoms with E-state index in [-0.39, 0.29) is 12.2 Å². The van der Waals surface area contributed by atoms with E-state index in [2.05, 4.69) is 6.58 Å². The summed E-state index contributed by atoms with van der Waals surface area (Å²) in [5, 5.41) is 0.542. The van der Waals surface area contributed by atoms with E-state index < -0.39 is 0 Å². The zero-order chi connectivity index (χ0) is 15.1. The first-order chi connectivity index (χ1) is 10.8. The molecule has 4 heteroatoms. The molecule has 0 atom stereocenters. The largest absolute Gasteiger partial charge is 0.456 e. The molecule has 0 spiro atoms. The Morgan fingerprint density at radius 2 is 1.86 bits per heavy atom. The molecule has 0 unspecified atom stereocenters. The zero-order valence-electron chi connectivity index (χ0n) is 11.7. The summed E-state index contributed by atoms with van der Waals surface area (Å²) in [5.41, 5.74) is 1.66. The van der Waals surface area contributed by atoms with Gasteiger partial charge in [0, 0.05) is 0 Å². The number of fused-ring (bicyclic) bond motifs is 2. The van der Waals surface area contributed by atoms with Crippen LogP contribution in [0.25, 0.3) is 28.2 Å². The van der Waals surface area contributed by atoms with Gasteiger partial charge in [-0.1, -0.05) is 24.8 Å². The average Bonchev–Trinajstić information content (AvgIpc) is 3.02. The van der Waals surface area contributed by atoms with Crippen LogP contribution in [0.3, 0.4) is 0 Å². The molecule has 108 valence electrons. The molecule has 1 aromatic heterocycles. The Kier molecular flexibility index (Phi) is 2.76. The van der Waals surface area contributed by atoms with Gasteiger partial charge in [0.25, 0.3) is 0 Å². The van der Waals surface area contributed by atoms with Crippen LogP contribution in [0.15, 0.2) is 58.3 Å². The molecular weight excluding hydrogens is 280 g/mol. The average molecular weight is 292 g/mol. The second-order valence-electron chi connectivity index (χ2n) is 4.94. The topological polar surface area (TPSA) is 48.7 Å². The lowest BCUT2D eigenvalue weighted by molar-refractivity contribution is 0.174. The van der Waals surface area contributed by atoms with Crippen LogP contribution in [-0.2, 0) is 0 Å². The summed E-state index contributed by atoms with van der Waals surface area (Å²) >= 11 is 0. The van der Waals surface area contributed by atoms with E-state index in [1.807, 2.05) is 18.2 Å². The van der Waals surface area contributed by atoms with E-state index in [1.54, 1.807) is 30.3 Å². The third-order valence-corrected chi connectivity index (χ3v) is 3.67. The molecule has 1 aliphatic heterocycles. The summed E-state index contributed by atoms with van der Waals surface area (Å²) in [6.07, 6.45) is 1.55. The predicted molar refractivity (Wildman–Crippen MR) is 84.1 cm³/mol. The fourth-order valence-corrected chi connectivity index (χ4v) is 2.63. The van der Waals surface area contributed by atoms with Gasteiger partial charge in [-0.2, -0.15) is 0 Å². The first kappa shape index (κ1) is 12.7. The standard InChI is InChI=1S/C18H12O4/c1-2-13-17(11-7-8-15-16(9-11)21-10-20-15)18(19)12-5-3-4-6-14(12)22-13/h2-9H,1,10H2. The smallest absolute Gasteiger partial charge is 0.231 e. The molecule has 2 heterocycles. The van der Waals surface area contributed by atoms with E-state index >= 15 is 0 Å². The Labute approximate surface area is 126 Å². The highest BCUT2D eigenvalue weighted by Crippen LogP contribution is 2.36. The lowest BCUT2D eigenvalue weighted by atomic mass is 10.0. The maximum absolute atomic E-state index is 12.8. The summed E-state index contributed by atoms with van der Waals surface area (Å²) in [5.74, 6) is 1.75. The highest BCUT2D eigenvalue weighted by molar-refractivity contribution is 5.85. The van der Waals surface area contributed by atoms with Crippen LogP contribution in [0.2, 0.25) is 0 Å². The van der Waals surface area contributed by atoms with Crippen molar-refractivity contribution in [2.45, 2.75) is 0 Å². The molecule has 22 heavy (non-hydrogen) atoms. The number of rotatable bonds is 2. The second kappa shape index (κ2) is 4.77. The van der Waals surface area contributed by atoms with E-state index in [9.17, 15) is 4.79 Å². The van der Waals surface area contributed by atoms with Gasteiger partial charge in [-0.25, -0.2) is 0 Å². The molecule has 4 rings (SSSR count). The molecule has 0 aliphatic carbocycles. The van der Waals surface area contributed by atoms with Crippen LogP contribution in [-0.4, -0.2) is 6.79 Å². The SMILES string of the molecule is C=Cc1oc2ccccc2c(=O)c1-c1ccc2c(c1)OCO2. The summed E-state index contributed by atoms with van der Waals surface area (Å²) in [7, 11) is 0. The van der Waals surface area contributed by atoms with Crippen LogP contribution in [0.4, 0.5) is 0 Å². The maximum atomic E-state index is 12.8. The quantitative estimate of drug-likeness (QED) is 0.720. The van der Waals surface area contributed by atoms with Crippen molar-refractivity contribution in [3.63, 3.8) is 0 Å². The fraction of sp³-hybridized carbons (Fsp3) is 0.0556. The molecule has 3 aromatic rings. The van der Waals surface area contributed by atoms with Crippen molar-refractivity contribution in [2.24, 2.45) is 0 Å². The van der Waals surface area contributed by atoms with Gasteiger partial charge in [0.05, 0.1) is 10.9 Å². The highest BCUT2D eigenvalue weighted by atomic mass is 16.7. The Bertz CT molecular complexity index is 953. The Balaban J connectivity index is 2.03. The van der Waals surface area contributed by atoms with Crippen LogP contribution in [0.5, 0.6) is 11.5 Å². The van der Waals surface area contributed by atoms with Crippen molar-refractivity contribution in [3.8, 4) is 22.6 Å². The molecule has 1 aliphatic rings. The van der Waals surface area contributed by atoms with Crippen molar-refractivity contribution in [1.29, 1.82) is 0 Å². The van der Waals surface area contributed by atoms with Gasteiger partial charge in [-0.3, -0.25) is 4.79 Å². The van der Waals surface area contributed by atoms with Crippen LogP contribution in [0, 0.1) is 0 Å². The molecule has 4 nitrogen and oxygen atoms in total. The normalized spacial score (nSPS) is 12.5. The second-order valence-corrected chi connectivity index (χ2v) is 4.94. The van der Waals surface area contributed by atoms with Gasteiger partial charge in [0.15, 0.2) is 11.5 Å². The first-order valence-corrected chi connectivity index (χ1v) is 6.86. The summed E-state index contributed by atoms with van der Waals surface area (Å²) in [4.78, 5) is 12.8. The summed E-state index contributed by atoms with van der Waals surface area (Å²) < 4.78 is 16.5. The lowest BCUT2D eigenvalue weighted by Gasteiger charge is -2.08. The summed E-state index contributed by atoms with van der Waals surface area (Å²) in [6.45, 7) is 3.94. The lowest BCUT2D eigenvalue weighted by Crippen LogP contribution is -2.07. The zero-order valence-corrected chi connectivity index (χ0v) is 11.7. The van der Waals surface area contributed by atoms with Gasteiger partial charge in [0.2, 0.25) is 12.2 Å². The molecule has 0 amide bonds. The van der Waals surface area contributed by atoms with Gasteiger partial charge in [0.1, 0.15) is 11.3 Å². The van der Waals surface area contributed by atoms with Gasteiger partial charge in [-0.05, 0) is 35.9 Å². The van der Waals surface area contributed by atoms with E-state index in [0.29, 0.717) is 33.8 Å². The molecule has 0 saturated heterocycles. The van der Waals surface area contributed by atoms with Crippen LogP contribution < -0.4 is 14.9 Å². The molecule has 0 fully saturated rings. The third-order valence-electron chi connectivity index (χ3n) is 3.67. The van der Waals surface area contributed by atoms with E-state index in [1.165, 1.54) is 0 Å². The fourth-order valence-electron chi connectivity index (χ4n) is 2.63. The number of benzene rings is 2. The minimum atomic E-state index is -0.0874. The molecule has 0 saturated carbocycles. The van der Waals surface area contributed by atoms with E-state index in [0.717, 1.165) is 5.56 Å². The Morgan fingerprint density at radius 1 is 1.05 bits per heavy atom. The maximum Gasteiger partial charge on any atom is 0.231 e. The Morgan fingerprint density at radius 3 is 2.73 bits per heavy atom. The molecular formula is C18H12O4. The van der Waals surface area contributed by atoms with Crippen molar-refractivity contribution < 1.29 is 13.9 Å². The van der Waals surface area contributed by atoms with Crippen LogP contribution in [0.1, 0.15) is 5.76 Å². The molecule has 0 radical (unpaired) electrons. The Hall–Kier alpha value is -3.01. The minimum Gasteiger partial charge on any atom is -0.456 e. The third kappa shape index (κ3) is 1.81. The number of hydrogen-bond donors (Lipinski definition) is 0. The monoisotopic (exact) mass is 292 g/mol. The molecule has 2 aromatic carbocycles. The highest BCUT2D eigenvalue weighted by Gasteiger charge is 2.18.